The third-order valence-electron chi connectivity index (χ3n) is 7.83. The van der Waals surface area contributed by atoms with Gasteiger partial charge in [-0.3, -0.25) is 9.78 Å². The summed E-state index contributed by atoms with van der Waals surface area (Å²) in [6.07, 6.45) is -3.87. The Bertz CT molecular complexity index is 1160. The molecule has 2 aliphatic heterocycles. The first kappa shape index (κ1) is 28.0. The molecule has 1 aromatic heterocycles. The van der Waals surface area contributed by atoms with Gasteiger partial charge in [-0.25, -0.2) is 4.39 Å². The minimum Gasteiger partial charge on any atom is -0.390 e. The maximum absolute atomic E-state index is 13.2. The summed E-state index contributed by atoms with van der Waals surface area (Å²) in [5, 5.41) is 42.1. The predicted octanol–water partition coefficient (Wildman–Crippen LogP) is -0.566. The Hall–Kier alpha value is -2.55. The van der Waals surface area contributed by atoms with Gasteiger partial charge >= 0.3 is 0 Å². The Morgan fingerprint density at radius 2 is 1.72 bits per heavy atom. The minimum atomic E-state index is -2.07. The number of nitrogens with one attached hydrogen (secondary N) is 3. The molecule has 3 unspecified atom stereocenters. The highest BCUT2D eigenvalue weighted by molar-refractivity contribution is 5.78. The van der Waals surface area contributed by atoms with E-state index in [4.69, 9.17) is 14.2 Å². The zero-order valence-electron chi connectivity index (χ0n) is 22.0. The molecule has 3 aliphatic rings. The van der Waals surface area contributed by atoms with E-state index < -0.39 is 60.5 Å². The lowest BCUT2D eigenvalue weighted by atomic mass is 9.79. The molecule has 2 saturated heterocycles. The van der Waals surface area contributed by atoms with Gasteiger partial charge in [0, 0.05) is 17.5 Å². The Morgan fingerprint density at radius 1 is 1.03 bits per heavy atom. The standard InChI is InChI=1S/C27H35FN4O7/c1-13-10-18(32-19(33)11-17-9-6-15(12-31-17)14-4-7-16(28)8-5-14)27(36)26(37-13)38-25-23(35)20(29-2)22(34)21(30-3)24(25)39-27/h4-9,12-13,18,20-26,29-30,34-36H,10-11H2,1-3H3,(H,32,33)/t13-,18-,20-,21+,22+,23+,24?,25?,26?,27+/m1/s1. The van der Waals surface area contributed by atoms with Gasteiger partial charge in [0.1, 0.15) is 24.1 Å². The van der Waals surface area contributed by atoms with E-state index in [1.165, 1.54) is 12.1 Å². The van der Waals surface area contributed by atoms with E-state index in [0.717, 1.165) is 11.1 Å². The van der Waals surface area contributed by atoms with Gasteiger partial charge < -0.3 is 45.5 Å². The van der Waals surface area contributed by atoms with Gasteiger partial charge in [0.05, 0.1) is 36.8 Å². The molecule has 0 spiro atoms. The molecular weight excluding hydrogens is 511 g/mol. The zero-order chi connectivity index (χ0) is 27.9. The van der Waals surface area contributed by atoms with Gasteiger partial charge in [-0.05, 0) is 51.2 Å². The molecule has 5 rings (SSSR count). The van der Waals surface area contributed by atoms with Crippen molar-refractivity contribution in [2.45, 2.75) is 80.5 Å². The number of aliphatic hydroxyl groups excluding tert-OH is 2. The molecule has 2 aromatic rings. The van der Waals surface area contributed by atoms with Gasteiger partial charge in [-0.15, -0.1) is 0 Å². The number of hydrogen-bond donors (Lipinski definition) is 6. The summed E-state index contributed by atoms with van der Waals surface area (Å²) in [5.74, 6) is -2.78. The molecule has 1 amide bonds. The fourth-order valence-electron chi connectivity index (χ4n) is 5.77. The average molecular weight is 547 g/mol. The van der Waals surface area contributed by atoms with E-state index >= 15 is 0 Å². The van der Waals surface area contributed by atoms with E-state index in [9.17, 15) is 24.5 Å². The maximum Gasteiger partial charge on any atom is 0.239 e. The SMILES string of the molecule is CN[C@@H]1[C@H](O)[C@H](NC)C2O[C@]3(O)C(OC2[C@H]1O)O[C@H](C)C[C@H]3NC(=O)Cc1ccc(-c2ccc(F)cc2)cn1. The summed E-state index contributed by atoms with van der Waals surface area (Å²) in [7, 11) is 3.27. The fraction of sp³-hybridized carbons (Fsp3) is 0.556. The minimum absolute atomic E-state index is 0.0521. The molecular formula is C27H35FN4O7. The number of rotatable bonds is 6. The molecule has 10 atom stereocenters. The number of pyridine rings is 1. The molecule has 0 radical (unpaired) electrons. The second kappa shape index (κ2) is 11.1. The van der Waals surface area contributed by atoms with Crippen molar-refractivity contribution in [1.82, 2.24) is 20.9 Å². The normalized spacial score (nSPS) is 38.0. The van der Waals surface area contributed by atoms with E-state index in [1.54, 1.807) is 51.5 Å². The first-order valence-electron chi connectivity index (χ1n) is 13.1. The van der Waals surface area contributed by atoms with Crippen LogP contribution < -0.4 is 16.0 Å². The van der Waals surface area contributed by atoms with Crippen LogP contribution in [-0.2, 0) is 25.4 Å². The second-order valence-corrected chi connectivity index (χ2v) is 10.4. The van der Waals surface area contributed by atoms with Crippen molar-refractivity contribution in [1.29, 1.82) is 0 Å². The number of benzene rings is 1. The van der Waals surface area contributed by atoms with Crippen molar-refractivity contribution in [2.24, 2.45) is 0 Å². The van der Waals surface area contributed by atoms with Gasteiger partial charge in [0.15, 0.2) is 0 Å². The van der Waals surface area contributed by atoms with Crippen molar-refractivity contribution in [3.8, 4) is 11.1 Å². The molecule has 6 N–H and O–H groups in total. The Labute approximate surface area is 225 Å². The van der Waals surface area contributed by atoms with Gasteiger partial charge in [-0.2, -0.15) is 0 Å². The van der Waals surface area contributed by atoms with Gasteiger partial charge in [0.25, 0.3) is 0 Å². The van der Waals surface area contributed by atoms with Crippen LogP contribution in [0.2, 0.25) is 0 Å². The number of hydrogen-bond acceptors (Lipinski definition) is 10. The quantitative estimate of drug-likeness (QED) is 0.278. The van der Waals surface area contributed by atoms with E-state index in [-0.39, 0.29) is 24.8 Å². The lowest BCUT2D eigenvalue weighted by Crippen LogP contribution is -2.79. The first-order chi connectivity index (χ1) is 18.6. The molecule has 39 heavy (non-hydrogen) atoms. The Morgan fingerprint density at radius 3 is 2.36 bits per heavy atom. The monoisotopic (exact) mass is 546 g/mol. The summed E-state index contributed by atoms with van der Waals surface area (Å²) in [5.41, 5.74) is 2.10. The summed E-state index contributed by atoms with van der Waals surface area (Å²) in [4.78, 5) is 17.4. The van der Waals surface area contributed by atoms with Crippen LogP contribution in [0.25, 0.3) is 11.1 Å². The van der Waals surface area contributed by atoms with Crippen LogP contribution in [0.1, 0.15) is 19.0 Å². The molecule has 3 heterocycles. The van der Waals surface area contributed by atoms with E-state index in [1.807, 2.05) is 0 Å². The zero-order valence-corrected chi connectivity index (χ0v) is 22.0. The van der Waals surface area contributed by atoms with Gasteiger partial charge in [-0.1, -0.05) is 18.2 Å². The molecule has 1 aromatic carbocycles. The maximum atomic E-state index is 13.2. The third kappa shape index (κ3) is 5.31. The molecule has 3 fully saturated rings. The number of aromatic nitrogens is 1. The molecule has 11 nitrogen and oxygen atoms in total. The van der Waals surface area contributed by atoms with Crippen LogP contribution in [0.4, 0.5) is 4.39 Å². The number of likely N-dealkylation sites (N-methyl/N-ethyl adjacent to an activating group) is 2. The summed E-state index contributed by atoms with van der Waals surface area (Å²) < 4.78 is 31.3. The molecule has 1 aliphatic carbocycles. The van der Waals surface area contributed by atoms with E-state index in [0.29, 0.717) is 5.69 Å². The number of carbonyl (C=O) groups excluding carboxylic acids is 1. The smallest absolute Gasteiger partial charge is 0.239 e. The fourth-order valence-corrected chi connectivity index (χ4v) is 5.77. The van der Waals surface area contributed by atoms with Crippen LogP contribution >= 0.6 is 0 Å². The number of fused-ring (bicyclic) bond motifs is 2. The van der Waals surface area contributed by atoms with Crippen LogP contribution in [0.5, 0.6) is 0 Å². The highest BCUT2D eigenvalue weighted by Gasteiger charge is 2.63. The molecule has 212 valence electrons. The second-order valence-electron chi connectivity index (χ2n) is 10.4. The lowest BCUT2D eigenvalue weighted by molar-refractivity contribution is -0.449. The third-order valence-corrected chi connectivity index (χ3v) is 7.83. The molecule has 1 saturated carbocycles. The van der Waals surface area contributed by atoms with Crippen LogP contribution in [0, 0.1) is 5.82 Å². The topological polar surface area (TPSA) is 154 Å². The van der Waals surface area contributed by atoms with E-state index in [2.05, 4.69) is 20.9 Å². The molecule has 12 heteroatoms. The summed E-state index contributed by atoms with van der Waals surface area (Å²) in [6.45, 7) is 1.79. The van der Waals surface area contributed by atoms with Crippen molar-refractivity contribution in [3.05, 3.63) is 54.1 Å². The number of nitrogens with zero attached hydrogens (tertiary/aromatic N) is 1. The van der Waals surface area contributed by atoms with Crippen LogP contribution in [0.3, 0.4) is 0 Å². The number of halogens is 1. The van der Waals surface area contributed by atoms with Gasteiger partial charge in [0.2, 0.25) is 18.0 Å². The Kier molecular flexibility index (Phi) is 8.00. The number of carbonyl (C=O) groups is 1. The summed E-state index contributed by atoms with van der Waals surface area (Å²) in [6, 6.07) is 7.29. The Balaban J connectivity index is 1.30. The van der Waals surface area contributed by atoms with Crippen molar-refractivity contribution >= 4 is 5.91 Å². The van der Waals surface area contributed by atoms with Crippen molar-refractivity contribution < 1.29 is 38.7 Å². The summed E-state index contributed by atoms with van der Waals surface area (Å²) >= 11 is 0. The predicted molar refractivity (Wildman–Crippen MR) is 137 cm³/mol. The van der Waals surface area contributed by atoms with Crippen molar-refractivity contribution in [3.63, 3.8) is 0 Å². The largest absolute Gasteiger partial charge is 0.390 e. The first-order valence-corrected chi connectivity index (χ1v) is 13.1. The highest BCUT2D eigenvalue weighted by Crippen LogP contribution is 2.42. The lowest BCUT2D eigenvalue weighted by Gasteiger charge is -2.58. The molecule has 0 bridgehead atoms. The number of ether oxygens (including phenoxy) is 3. The van der Waals surface area contributed by atoms with Crippen LogP contribution in [-0.4, -0.2) is 101 Å². The van der Waals surface area contributed by atoms with Crippen LogP contribution in [0.15, 0.2) is 42.6 Å². The van der Waals surface area contributed by atoms with Crippen molar-refractivity contribution in [2.75, 3.05) is 14.1 Å². The average Bonchev–Trinajstić information content (AvgIpc) is 2.90. The number of amides is 1. The number of aliphatic hydroxyl groups is 3. The highest BCUT2D eigenvalue weighted by atomic mass is 19.1.